The molecule has 1 unspecified atom stereocenters. The van der Waals surface area contributed by atoms with E-state index < -0.39 is 11.9 Å². The predicted octanol–water partition coefficient (Wildman–Crippen LogP) is 3.03. The van der Waals surface area contributed by atoms with E-state index in [2.05, 4.69) is 0 Å². The zero-order chi connectivity index (χ0) is 15.0. The zero-order valence-electron chi connectivity index (χ0n) is 11.6. The highest BCUT2D eigenvalue weighted by Crippen LogP contribution is 2.46. The summed E-state index contributed by atoms with van der Waals surface area (Å²) in [6.45, 7) is 0. The number of carboxylic acid groups (broad SMARTS) is 1. The number of fused-ring (bicyclic) bond motifs is 2. The van der Waals surface area contributed by atoms with Crippen molar-refractivity contribution in [2.24, 2.45) is 0 Å². The van der Waals surface area contributed by atoms with Crippen LogP contribution in [0.25, 0.3) is 0 Å². The van der Waals surface area contributed by atoms with Gasteiger partial charge in [0.25, 0.3) is 0 Å². The van der Waals surface area contributed by atoms with Gasteiger partial charge in [-0.3, -0.25) is 4.79 Å². The Morgan fingerprint density at radius 2 is 1.67 bits per heavy atom. The molecule has 0 amide bonds. The van der Waals surface area contributed by atoms with E-state index >= 15 is 0 Å². The molecule has 0 saturated carbocycles. The van der Waals surface area contributed by atoms with Crippen LogP contribution in [0.4, 0.5) is 0 Å². The molecule has 0 fully saturated rings. The molecule has 1 N–H and O–H groups in total. The van der Waals surface area contributed by atoms with E-state index in [1.165, 1.54) is 0 Å². The standard InChI is InChI=1S/C16H14O5/c1-19-9-4-6-13-12(7-9)15(16(17)18)11-5-3-10(20-2)8-14(11)21-13/h3-8,15H,1-2H3,(H,17,18). The minimum absolute atomic E-state index is 0.499. The lowest BCUT2D eigenvalue weighted by atomic mass is 9.88. The molecule has 0 aromatic heterocycles. The highest BCUT2D eigenvalue weighted by atomic mass is 16.5. The van der Waals surface area contributed by atoms with Gasteiger partial charge in [0, 0.05) is 17.2 Å². The van der Waals surface area contributed by atoms with Crippen LogP contribution in [0.15, 0.2) is 36.4 Å². The number of carbonyl (C=O) groups is 1. The number of ether oxygens (including phenoxy) is 3. The minimum atomic E-state index is -0.931. The van der Waals surface area contributed by atoms with Gasteiger partial charge in [0.05, 0.1) is 14.2 Å². The molecule has 1 aliphatic heterocycles. The number of benzene rings is 2. The molecule has 0 aliphatic carbocycles. The maximum atomic E-state index is 11.7. The number of carboxylic acids is 1. The molecule has 5 heteroatoms. The Balaban J connectivity index is 2.17. The molecule has 21 heavy (non-hydrogen) atoms. The van der Waals surface area contributed by atoms with Gasteiger partial charge in [0.1, 0.15) is 28.9 Å². The van der Waals surface area contributed by atoms with E-state index in [4.69, 9.17) is 14.2 Å². The van der Waals surface area contributed by atoms with Crippen molar-refractivity contribution in [1.82, 2.24) is 0 Å². The Kier molecular flexibility index (Phi) is 3.17. The number of hydrogen-bond donors (Lipinski definition) is 1. The van der Waals surface area contributed by atoms with Gasteiger partial charge >= 0.3 is 5.97 Å². The Morgan fingerprint density at radius 3 is 2.33 bits per heavy atom. The summed E-state index contributed by atoms with van der Waals surface area (Å²) in [5, 5.41) is 9.59. The number of rotatable bonds is 3. The number of hydrogen-bond acceptors (Lipinski definition) is 4. The molecular formula is C16H14O5. The van der Waals surface area contributed by atoms with Gasteiger partial charge < -0.3 is 19.3 Å². The third-order valence-electron chi connectivity index (χ3n) is 3.53. The van der Waals surface area contributed by atoms with Crippen molar-refractivity contribution in [1.29, 1.82) is 0 Å². The van der Waals surface area contributed by atoms with Crippen LogP contribution in [0.2, 0.25) is 0 Å². The van der Waals surface area contributed by atoms with E-state index in [0.29, 0.717) is 34.1 Å². The van der Waals surface area contributed by atoms with Crippen LogP contribution in [-0.4, -0.2) is 25.3 Å². The van der Waals surface area contributed by atoms with Gasteiger partial charge in [0.15, 0.2) is 0 Å². The van der Waals surface area contributed by atoms with Crippen molar-refractivity contribution in [3.05, 3.63) is 47.5 Å². The van der Waals surface area contributed by atoms with E-state index in [1.54, 1.807) is 50.6 Å². The fourth-order valence-corrected chi connectivity index (χ4v) is 2.49. The summed E-state index contributed by atoms with van der Waals surface area (Å²) >= 11 is 0. The monoisotopic (exact) mass is 286 g/mol. The zero-order valence-corrected chi connectivity index (χ0v) is 11.6. The lowest BCUT2D eigenvalue weighted by Gasteiger charge is -2.26. The number of methoxy groups -OCH3 is 2. The molecule has 0 bridgehead atoms. The van der Waals surface area contributed by atoms with Crippen LogP contribution in [0.3, 0.4) is 0 Å². The van der Waals surface area contributed by atoms with Crippen LogP contribution in [0, 0.1) is 0 Å². The van der Waals surface area contributed by atoms with Crippen molar-refractivity contribution in [2.45, 2.75) is 5.92 Å². The molecule has 5 nitrogen and oxygen atoms in total. The quantitative estimate of drug-likeness (QED) is 0.939. The Hall–Kier alpha value is -2.69. The van der Waals surface area contributed by atoms with Crippen molar-refractivity contribution in [3.8, 4) is 23.0 Å². The Bertz CT molecular complexity index is 708. The SMILES string of the molecule is COc1ccc2c(c1)Oc1ccc(OC)cc1C2C(=O)O. The molecular weight excluding hydrogens is 272 g/mol. The molecule has 0 saturated heterocycles. The van der Waals surface area contributed by atoms with Crippen LogP contribution < -0.4 is 14.2 Å². The van der Waals surface area contributed by atoms with Gasteiger partial charge in [0.2, 0.25) is 0 Å². The summed E-state index contributed by atoms with van der Waals surface area (Å²) in [7, 11) is 3.10. The fourth-order valence-electron chi connectivity index (χ4n) is 2.49. The maximum absolute atomic E-state index is 11.7. The first-order valence-corrected chi connectivity index (χ1v) is 6.40. The topological polar surface area (TPSA) is 65.0 Å². The van der Waals surface area contributed by atoms with Crippen molar-refractivity contribution in [2.75, 3.05) is 14.2 Å². The van der Waals surface area contributed by atoms with E-state index in [-0.39, 0.29) is 0 Å². The summed E-state index contributed by atoms with van der Waals surface area (Å²) < 4.78 is 16.1. The van der Waals surface area contributed by atoms with Crippen LogP contribution in [-0.2, 0) is 4.79 Å². The highest BCUT2D eigenvalue weighted by Gasteiger charge is 2.33. The van der Waals surface area contributed by atoms with E-state index in [0.717, 1.165) is 0 Å². The highest BCUT2D eigenvalue weighted by molar-refractivity contribution is 5.84. The molecule has 1 aliphatic rings. The maximum Gasteiger partial charge on any atom is 0.315 e. The largest absolute Gasteiger partial charge is 0.497 e. The molecule has 108 valence electrons. The normalized spacial score (nSPS) is 15.4. The van der Waals surface area contributed by atoms with Crippen LogP contribution in [0.1, 0.15) is 17.0 Å². The second-order valence-electron chi connectivity index (χ2n) is 4.68. The minimum Gasteiger partial charge on any atom is -0.497 e. The summed E-state index contributed by atoms with van der Waals surface area (Å²) in [5.41, 5.74) is 1.18. The second kappa shape index (κ2) is 5.01. The molecule has 3 rings (SSSR count). The third-order valence-corrected chi connectivity index (χ3v) is 3.53. The van der Waals surface area contributed by atoms with Gasteiger partial charge in [-0.05, 0) is 24.3 Å². The predicted molar refractivity (Wildman–Crippen MR) is 75.5 cm³/mol. The smallest absolute Gasteiger partial charge is 0.315 e. The Morgan fingerprint density at radius 1 is 1.00 bits per heavy atom. The van der Waals surface area contributed by atoms with E-state index in [9.17, 15) is 9.90 Å². The molecule has 2 aromatic carbocycles. The van der Waals surface area contributed by atoms with Crippen molar-refractivity contribution >= 4 is 5.97 Å². The average Bonchev–Trinajstić information content (AvgIpc) is 2.51. The summed E-state index contributed by atoms with van der Waals surface area (Å²) in [6, 6.07) is 10.3. The van der Waals surface area contributed by atoms with Crippen LogP contribution in [0.5, 0.6) is 23.0 Å². The van der Waals surface area contributed by atoms with Gasteiger partial charge in [-0.25, -0.2) is 0 Å². The van der Waals surface area contributed by atoms with Crippen molar-refractivity contribution < 1.29 is 24.1 Å². The van der Waals surface area contributed by atoms with Crippen LogP contribution >= 0.6 is 0 Å². The summed E-state index contributed by atoms with van der Waals surface area (Å²) in [5.74, 6) is 0.516. The average molecular weight is 286 g/mol. The lowest BCUT2D eigenvalue weighted by molar-refractivity contribution is -0.137. The first-order valence-electron chi connectivity index (χ1n) is 6.40. The molecule has 0 spiro atoms. The van der Waals surface area contributed by atoms with E-state index in [1.807, 2.05) is 0 Å². The van der Waals surface area contributed by atoms with Gasteiger partial charge in [-0.2, -0.15) is 0 Å². The summed E-state index contributed by atoms with van der Waals surface area (Å²) in [6.07, 6.45) is 0. The second-order valence-corrected chi connectivity index (χ2v) is 4.68. The van der Waals surface area contributed by atoms with Crippen molar-refractivity contribution in [3.63, 3.8) is 0 Å². The fraction of sp³-hybridized carbons (Fsp3) is 0.188. The first kappa shape index (κ1) is 13.3. The third kappa shape index (κ3) is 2.16. The number of aliphatic carboxylic acids is 1. The lowest BCUT2D eigenvalue weighted by Crippen LogP contribution is -2.18. The first-order chi connectivity index (χ1) is 10.1. The molecule has 0 radical (unpaired) electrons. The van der Waals surface area contributed by atoms with Gasteiger partial charge in [-0.15, -0.1) is 0 Å². The van der Waals surface area contributed by atoms with Gasteiger partial charge in [-0.1, -0.05) is 6.07 Å². The molecule has 1 atom stereocenters. The molecule has 2 aromatic rings. The summed E-state index contributed by atoms with van der Waals surface area (Å²) in [4.78, 5) is 11.7. The Labute approximate surface area is 121 Å². The molecule has 1 heterocycles.